The smallest absolute Gasteiger partial charge is 0.224 e. The van der Waals surface area contributed by atoms with Crippen molar-refractivity contribution in [3.8, 4) is 0 Å². The van der Waals surface area contributed by atoms with E-state index in [-0.39, 0.29) is 6.61 Å². The summed E-state index contributed by atoms with van der Waals surface area (Å²) in [5, 5.41) is 69.0. The third kappa shape index (κ3) is 4.48. The predicted molar refractivity (Wildman–Crippen MR) is 85.7 cm³/mol. The van der Waals surface area contributed by atoms with E-state index in [1.165, 1.54) is 6.08 Å². The standard InChI is InChI=1S/C15H27NO11/c1-2-8(16)24-4-7-9(19)11(21)12(22)14(25-7)27-15(5-18)13(23)10(20)6(3-17)26-15/h2,6-14,17-23H,1,3-5,16H2/t6-,7-,8?,9-,10-,11+,12-,13+,14-,15+/m1/s1. The minimum Gasteiger partial charge on any atom is -0.394 e. The van der Waals surface area contributed by atoms with Crippen LogP contribution in [0.1, 0.15) is 0 Å². The fourth-order valence-corrected chi connectivity index (χ4v) is 2.89. The summed E-state index contributed by atoms with van der Waals surface area (Å²) in [6, 6.07) is 0. The van der Waals surface area contributed by atoms with Gasteiger partial charge in [-0.1, -0.05) is 6.58 Å². The molecule has 2 fully saturated rings. The average Bonchev–Trinajstić information content (AvgIpc) is 2.92. The summed E-state index contributed by atoms with van der Waals surface area (Å²) in [5.41, 5.74) is 5.51. The minimum atomic E-state index is -2.23. The highest BCUT2D eigenvalue weighted by atomic mass is 16.8. The molecule has 12 nitrogen and oxygen atoms in total. The maximum absolute atomic E-state index is 10.1. The average molecular weight is 397 g/mol. The zero-order valence-electron chi connectivity index (χ0n) is 14.4. The first-order valence-corrected chi connectivity index (χ1v) is 8.33. The molecule has 0 radical (unpaired) electrons. The van der Waals surface area contributed by atoms with E-state index in [1.807, 2.05) is 0 Å². The Bertz CT molecular complexity index is 496. The number of nitrogens with two attached hydrogens (primary N) is 1. The normalized spacial score (nSPS) is 46.4. The Labute approximate surface area is 155 Å². The van der Waals surface area contributed by atoms with Crippen LogP contribution in [-0.2, 0) is 18.9 Å². The summed E-state index contributed by atoms with van der Waals surface area (Å²) < 4.78 is 21.1. The highest BCUT2D eigenvalue weighted by molar-refractivity contribution is 4.98. The van der Waals surface area contributed by atoms with Gasteiger partial charge in [0.05, 0.1) is 13.2 Å². The second-order valence-corrected chi connectivity index (χ2v) is 6.41. The van der Waals surface area contributed by atoms with Gasteiger partial charge in [0.2, 0.25) is 5.79 Å². The third-order valence-electron chi connectivity index (χ3n) is 4.58. The van der Waals surface area contributed by atoms with Crippen LogP contribution in [0.3, 0.4) is 0 Å². The maximum atomic E-state index is 10.1. The monoisotopic (exact) mass is 397 g/mol. The molecule has 0 aromatic rings. The first-order chi connectivity index (χ1) is 12.7. The van der Waals surface area contributed by atoms with Crippen molar-refractivity contribution in [2.75, 3.05) is 19.8 Å². The van der Waals surface area contributed by atoms with Crippen molar-refractivity contribution < 1.29 is 54.7 Å². The van der Waals surface area contributed by atoms with Crippen LogP contribution in [-0.4, -0.2) is 117 Å². The van der Waals surface area contributed by atoms with Crippen LogP contribution in [0.2, 0.25) is 0 Å². The molecule has 0 aromatic carbocycles. The van der Waals surface area contributed by atoms with Crippen LogP contribution in [0.4, 0.5) is 0 Å². The van der Waals surface area contributed by atoms with Crippen molar-refractivity contribution in [1.82, 2.24) is 0 Å². The van der Waals surface area contributed by atoms with Gasteiger partial charge < -0.3 is 60.4 Å². The highest BCUT2D eigenvalue weighted by Gasteiger charge is 2.58. The number of rotatable bonds is 8. The topological polar surface area (TPSA) is 205 Å². The van der Waals surface area contributed by atoms with E-state index in [4.69, 9.17) is 24.7 Å². The Morgan fingerprint density at radius 3 is 2.22 bits per heavy atom. The third-order valence-corrected chi connectivity index (χ3v) is 4.58. The van der Waals surface area contributed by atoms with E-state index in [9.17, 15) is 35.7 Å². The van der Waals surface area contributed by atoms with Gasteiger partial charge in [0, 0.05) is 0 Å². The highest BCUT2D eigenvalue weighted by Crippen LogP contribution is 2.35. The van der Waals surface area contributed by atoms with Gasteiger partial charge in [0.25, 0.3) is 0 Å². The van der Waals surface area contributed by atoms with Gasteiger partial charge in [-0.3, -0.25) is 0 Å². The lowest BCUT2D eigenvalue weighted by Crippen LogP contribution is -2.63. The summed E-state index contributed by atoms with van der Waals surface area (Å²) >= 11 is 0. The summed E-state index contributed by atoms with van der Waals surface area (Å²) in [5.74, 6) is -2.23. The molecule has 2 rings (SSSR count). The van der Waals surface area contributed by atoms with E-state index in [0.29, 0.717) is 0 Å². The van der Waals surface area contributed by atoms with Gasteiger partial charge in [-0.25, -0.2) is 0 Å². The van der Waals surface area contributed by atoms with Crippen molar-refractivity contribution in [2.45, 2.75) is 61.0 Å². The van der Waals surface area contributed by atoms with Gasteiger partial charge >= 0.3 is 0 Å². The zero-order valence-corrected chi connectivity index (χ0v) is 14.4. The lowest BCUT2D eigenvalue weighted by molar-refractivity contribution is -0.384. The number of aliphatic hydroxyl groups excluding tert-OH is 7. The van der Waals surface area contributed by atoms with E-state index >= 15 is 0 Å². The fraction of sp³-hybridized carbons (Fsp3) is 0.867. The molecule has 0 spiro atoms. The summed E-state index contributed by atoms with van der Waals surface area (Å²) in [6.07, 6.45) is -12.1. The Morgan fingerprint density at radius 2 is 1.70 bits per heavy atom. The van der Waals surface area contributed by atoms with Gasteiger partial charge in [-0.05, 0) is 6.08 Å². The van der Waals surface area contributed by atoms with Crippen LogP contribution in [0.25, 0.3) is 0 Å². The zero-order chi connectivity index (χ0) is 20.4. The molecule has 9 N–H and O–H groups in total. The van der Waals surface area contributed by atoms with Gasteiger partial charge in [0.1, 0.15) is 55.6 Å². The van der Waals surface area contributed by atoms with E-state index in [2.05, 4.69) is 6.58 Å². The second kappa shape index (κ2) is 9.17. The minimum absolute atomic E-state index is 0.296. The van der Waals surface area contributed by atoms with E-state index in [1.54, 1.807) is 0 Å². The molecular weight excluding hydrogens is 370 g/mol. The quantitative estimate of drug-likeness (QED) is 0.143. The van der Waals surface area contributed by atoms with Crippen molar-refractivity contribution in [2.24, 2.45) is 5.73 Å². The molecule has 2 heterocycles. The van der Waals surface area contributed by atoms with Crippen molar-refractivity contribution in [3.63, 3.8) is 0 Å². The molecule has 0 aliphatic carbocycles. The van der Waals surface area contributed by atoms with E-state index < -0.39 is 74.2 Å². The summed E-state index contributed by atoms with van der Waals surface area (Å²) in [4.78, 5) is 0. The second-order valence-electron chi connectivity index (χ2n) is 6.41. The summed E-state index contributed by atoms with van der Waals surface area (Å²) in [6.45, 7) is 1.49. The molecule has 0 aromatic heterocycles. The molecule has 0 amide bonds. The predicted octanol–water partition coefficient (Wildman–Crippen LogP) is -4.90. The summed E-state index contributed by atoms with van der Waals surface area (Å²) in [7, 11) is 0. The lowest BCUT2D eigenvalue weighted by atomic mass is 9.99. The van der Waals surface area contributed by atoms with Crippen LogP contribution >= 0.6 is 0 Å². The van der Waals surface area contributed by atoms with Crippen molar-refractivity contribution >= 4 is 0 Å². The number of hydrogen-bond acceptors (Lipinski definition) is 12. The molecule has 0 saturated carbocycles. The fourth-order valence-electron chi connectivity index (χ4n) is 2.89. The molecule has 0 bridgehead atoms. The first-order valence-electron chi connectivity index (χ1n) is 8.33. The lowest BCUT2D eigenvalue weighted by Gasteiger charge is -2.43. The Balaban J connectivity index is 2.14. The maximum Gasteiger partial charge on any atom is 0.224 e. The molecule has 10 atom stereocenters. The first kappa shape index (κ1) is 22.5. The molecule has 158 valence electrons. The van der Waals surface area contributed by atoms with Gasteiger partial charge in [-0.2, -0.15) is 0 Å². The van der Waals surface area contributed by atoms with Crippen LogP contribution < -0.4 is 5.73 Å². The molecule has 2 aliphatic heterocycles. The number of ether oxygens (including phenoxy) is 4. The van der Waals surface area contributed by atoms with Crippen LogP contribution in [0.5, 0.6) is 0 Å². The largest absolute Gasteiger partial charge is 0.394 e. The van der Waals surface area contributed by atoms with Crippen molar-refractivity contribution in [1.29, 1.82) is 0 Å². The molecule has 12 heteroatoms. The molecule has 27 heavy (non-hydrogen) atoms. The van der Waals surface area contributed by atoms with Crippen LogP contribution in [0.15, 0.2) is 12.7 Å². The van der Waals surface area contributed by atoms with Crippen LogP contribution in [0, 0.1) is 0 Å². The molecule has 2 aliphatic rings. The van der Waals surface area contributed by atoms with E-state index in [0.717, 1.165) is 0 Å². The van der Waals surface area contributed by atoms with Gasteiger partial charge in [-0.15, -0.1) is 0 Å². The Morgan fingerprint density at radius 1 is 1.04 bits per heavy atom. The number of aliphatic hydroxyl groups is 7. The Hall–Kier alpha value is -0.740. The van der Waals surface area contributed by atoms with Crippen molar-refractivity contribution in [3.05, 3.63) is 12.7 Å². The molecular formula is C15H27NO11. The Kier molecular flexibility index (Phi) is 7.66. The van der Waals surface area contributed by atoms with Gasteiger partial charge in [0.15, 0.2) is 6.29 Å². The number of hydrogen-bond donors (Lipinski definition) is 8. The molecule has 1 unspecified atom stereocenters. The molecule has 2 saturated heterocycles. The SMILES string of the molecule is C=CC(N)OC[C@H]1O[C@H](O[C@]2(CO)O[C@H](CO)[C@@H](O)[C@@H]2O)[C@H](O)[C@@H](O)[C@@H]1O.